The second kappa shape index (κ2) is 11.2. The van der Waals surface area contributed by atoms with Crippen molar-refractivity contribution in [3.05, 3.63) is 95.6 Å². The lowest BCUT2D eigenvalue weighted by Crippen LogP contribution is -2.41. The molecule has 0 spiro atoms. The Labute approximate surface area is 194 Å². The van der Waals surface area contributed by atoms with Crippen molar-refractivity contribution in [2.24, 2.45) is 0 Å². The summed E-state index contributed by atoms with van der Waals surface area (Å²) in [7, 11) is -3.87. The summed E-state index contributed by atoms with van der Waals surface area (Å²) >= 11 is 1.73. The molecule has 168 valence electrons. The van der Waals surface area contributed by atoms with Crippen LogP contribution in [0.15, 0.2) is 83.8 Å². The summed E-state index contributed by atoms with van der Waals surface area (Å²) in [4.78, 5) is 12.8. The standard InChI is InChI=1S/C25H28N2O3S2/c1-20-11-13-23(14-12-20)27(32(29,30)24-9-4-3-5-10-24)18-25(28)26-15-16-31-19-22-8-6-7-21(2)17-22/h3-14,17H,15-16,18-19H2,1-2H3,(H,26,28). The lowest BCUT2D eigenvalue weighted by atomic mass is 10.2. The highest BCUT2D eigenvalue weighted by Gasteiger charge is 2.26. The number of amides is 1. The Kier molecular flexibility index (Phi) is 8.36. The molecule has 0 radical (unpaired) electrons. The van der Waals surface area contributed by atoms with Crippen molar-refractivity contribution in [2.45, 2.75) is 24.5 Å². The van der Waals surface area contributed by atoms with Crippen molar-refractivity contribution in [2.75, 3.05) is 23.1 Å². The Bertz CT molecular complexity index is 1130. The zero-order valence-electron chi connectivity index (χ0n) is 18.3. The monoisotopic (exact) mass is 468 g/mol. The number of anilines is 1. The number of carbonyl (C=O) groups is 1. The summed E-state index contributed by atoms with van der Waals surface area (Å²) in [5, 5.41) is 2.85. The Balaban J connectivity index is 1.61. The molecule has 7 heteroatoms. The highest BCUT2D eigenvalue weighted by molar-refractivity contribution is 7.98. The number of rotatable bonds is 10. The summed E-state index contributed by atoms with van der Waals surface area (Å²) in [5.41, 5.74) is 3.96. The number of carbonyl (C=O) groups excluding carboxylic acids is 1. The fraction of sp³-hybridized carbons (Fsp3) is 0.240. The Morgan fingerprint density at radius 1 is 0.906 bits per heavy atom. The maximum Gasteiger partial charge on any atom is 0.264 e. The maximum absolute atomic E-state index is 13.3. The van der Waals surface area contributed by atoms with E-state index in [-0.39, 0.29) is 17.3 Å². The second-order valence-electron chi connectivity index (χ2n) is 7.55. The van der Waals surface area contributed by atoms with Crippen LogP contribution in [0.4, 0.5) is 5.69 Å². The van der Waals surface area contributed by atoms with Gasteiger partial charge >= 0.3 is 0 Å². The molecule has 0 aliphatic heterocycles. The smallest absolute Gasteiger partial charge is 0.264 e. The molecule has 3 aromatic carbocycles. The number of hydrogen-bond acceptors (Lipinski definition) is 4. The molecular weight excluding hydrogens is 440 g/mol. The lowest BCUT2D eigenvalue weighted by molar-refractivity contribution is -0.119. The minimum Gasteiger partial charge on any atom is -0.354 e. The Morgan fingerprint density at radius 2 is 1.62 bits per heavy atom. The van der Waals surface area contributed by atoms with Crippen LogP contribution in [0, 0.1) is 13.8 Å². The van der Waals surface area contributed by atoms with Crippen molar-refractivity contribution in [3.63, 3.8) is 0 Å². The second-order valence-corrected chi connectivity index (χ2v) is 10.5. The van der Waals surface area contributed by atoms with Crippen LogP contribution in [0.3, 0.4) is 0 Å². The van der Waals surface area contributed by atoms with Gasteiger partial charge in [0.25, 0.3) is 10.0 Å². The number of thioether (sulfide) groups is 1. The predicted octanol–water partition coefficient (Wildman–Crippen LogP) is 4.55. The van der Waals surface area contributed by atoms with Gasteiger partial charge in [-0.1, -0.05) is 65.7 Å². The number of nitrogens with one attached hydrogen (secondary N) is 1. The van der Waals surface area contributed by atoms with Gasteiger partial charge in [-0.3, -0.25) is 9.10 Å². The zero-order chi connectivity index (χ0) is 23.0. The van der Waals surface area contributed by atoms with Crippen molar-refractivity contribution in [3.8, 4) is 0 Å². The molecule has 32 heavy (non-hydrogen) atoms. The van der Waals surface area contributed by atoms with Crippen LogP contribution in [-0.4, -0.2) is 33.2 Å². The van der Waals surface area contributed by atoms with Gasteiger partial charge in [0, 0.05) is 18.1 Å². The first-order valence-corrected chi connectivity index (χ1v) is 13.0. The van der Waals surface area contributed by atoms with Gasteiger partial charge < -0.3 is 5.32 Å². The van der Waals surface area contributed by atoms with E-state index in [0.717, 1.165) is 21.4 Å². The minimum atomic E-state index is -3.87. The van der Waals surface area contributed by atoms with E-state index in [9.17, 15) is 13.2 Å². The highest BCUT2D eigenvalue weighted by Crippen LogP contribution is 2.23. The molecule has 3 rings (SSSR count). The Morgan fingerprint density at radius 3 is 2.31 bits per heavy atom. The normalized spacial score (nSPS) is 11.2. The molecule has 0 atom stereocenters. The fourth-order valence-corrected chi connectivity index (χ4v) is 5.43. The SMILES string of the molecule is Cc1ccc(N(CC(=O)NCCSCc2cccc(C)c2)S(=O)(=O)c2ccccc2)cc1. The summed E-state index contributed by atoms with van der Waals surface area (Å²) in [6, 6.07) is 23.6. The zero-order valence-corrected chi connectivity index (χ0v) is 20.0. The largest absolute Gasteiger partial charge is 0.354 e. The molecule has 5 nitrogen and oxygen atoms in total. The molecular formula is C25H28N2O3S2. The van der Waals surface area contributed by atoms with Crippen LogP contribution in [0.1, 0.15) is 16.7 Å². The third-order valence-corrected chi connectivity index (χ3v) is 7.68. The first-order chi connectivity index (χ1) is 15.4. The first-order valence-electron chi connectivity index (χ1n) is 10.4. The number of sulfonamides is 1. The molecule has 0 heterocycles. The van der Waals surface area contributed by atoms with E-state index < -0.39 is 10.0 Å². The van der Waals surface area contributed by atoms with Crippen molar-refractivity contribution < 1.29 is 13.2 Å². The van der Waals surface area contributed by atoms with Crippen LogP contribution >= 0.6 is 11.8 Å². The van der Waals surface area contributed by atoms with Gasteiger partial charge in [-0.05, 0) is 43.7 Å². The van der Waals surface area contributed by atoms with Crippen LogP contribution in [0.25, 0.3) is 0 Å². The van der Waals surface area contributed by atoms with Crippen molar-refractivity contribution >= 4 is 33.4 Å². The lowest BCUT2D eigenvalue weighted by Gasteiger charge is -2.24. The third kappa shape index (κ3) is 6.61. The third-order valence-electron chi connectivity index (χ3n) is 4.86. The molecule has 0 aliphatic carbocycles. The van der Waals surface area contributed by atoms with E-state index in [4.69, 9.17) is 0 Å². The average molecular weight is 469 g/mol. The topological polar surface area (TPSA) is 66.5 Å². The van der Waals surface area contributed by atoms with Gasteiger partial charge in [0.1, 0.15) is 6.54 Å². The maximum atomic E-state index is 13.3. The summed E-state index contributed by atoms with van der Waals surface area (Å²) in [5.74, 6) is 1.28. The van der Waals surface area contributed by atoms with E-state index in [2.05, 4.69) is 30.4 Å². The van der Waals surface area contributed by atoms with E-state index in [1.54, 1.807) is 42.1 Å². The van der Waals surface area contributed by atoms with E-state index in [0.29, 0.717) is 12.2 Å². The van der Waals surface area contributed by atoms with Gasteiger partial charge in [0.15, 0.2) is 0 Å². The van der Waals surface area contributed by atoms with Crippen molar-refractivity contribution in [1.82, 2.24) is 5.32 Å². The van der Waals surface area contributed by atoms with Crippen molar-refractivity contribution in [1.29, 1.82) is 0 Å². The molecule has 0 aromatic heterocycles. The summed E-state index contributed by atoms with van der Waals surface area (Å²) in [6.45, 7) is 4.20. The minimum absolute atomic E-state index is 0.155. The predicted molar refractivity (Wildman–Crippen MR) is 133 cm³/mol. The molecule has 1 amide bonds. The van der Waals surface area contributed by atoms with Crippen LogP contribution in [-0.2, 0) is 20.6 Å². The fourth-order valence-electron chi connectivity index (χ4n) is 3.19. The van der Waals surface area contributed by atoms with Gasteiger partial charge in [0.05, 0.1) is 10.6 Å². The average Bonchev–Trinajstić information content (AvgIpc) is 2.78. The van der Waals surface area contributed by atoms with Crippen LogP contribution in [0.5, 0.6) is 0 Å². The molecule has 0 unspecified atom stereocenters. The summed E-state index contributed by atoms with van der Waals surface area (Å²) < 4.78 is 27.7. The van der Waals surface area contributed by atoms with Gasteiger partial charge in [-0.25, -0.2) is 8.42 Å². The highest BCUT2D eigenvalue weighted by atomic mass is 32.2. The Hall–Kier alpha value is -2.77. The molecule has 0 bridgehead atoms. The van der Waals surface area contributed by atoms with Crippen LogP contribution < -0.4 is 9.62 Å². The number of nitrogens with zero attached hydrogens (tertiary/aromatic N) is 1. The molecule has 0 aliphatic rings. The van der Waals surface area contributed by atoms with E-state index in [1.165, 1.54) is 23.3 Å². The van der Waals surface area contributed by atoms with Gasteiger partial charge in [-0.2, -0.15) is 11.8 Å². The molecule has 1 N–H and O–H groups in total. The summed E-state index contributed by atoms with van der Waals surface area (Å²) in [6.07, 6.45) is 0. The van der Waals surface area contributed by atoms with Crippen LogP contribution in [0.2, 0.25) is 0 Å². The molecule has 0 saturated carbocycles. The number of benzene rings is 3. The quantitative estimate of drug-likeness (QED) is 0.444. The molecule has 3 aromatic rings. The number of aryl methyl sites for hydroxylation is 2. The van der Waals surface area contributed by atoms with E-state index in [1.807, 2.05) is 25.1 Å². The first kappa shape index (κ1) is 23.9. The van der Waals surface area contributed by atoms with Gasteiger partial charge in [-0.15, -0.1) is 0 Å². The molecule has 0 saturated heterocycles. The molecule has 0 fully saturated rings. The van der Waals surface area contributed by atoms with Gasteiger partial charge in [0.2, 0.25) is 5.91 Å². The van der Waals surface area contributed by atoms with E-state index >= 15 is 0 Å². The number of hydrogen-bond donors (Lipinski definition) is 1.